The molecule has 2 amide bonds. The van der Waals surface area contributed by atoms with Crippen LogP contribution in [0.3, 0.4) is 0 Å². The molecule has 5 nitrogen and oxygen atoms in total. The molecule has 0 aliphatic carbocycles. The number of ether oxygens (including phenoxy) is 1. The zero-order valence-corrected chi connectivity index (χ0v) is 30.0. The lowest BCUT2D eigenvalue weighted by atomic mass is 9.97. The standard InChI is InChI=1S/C40H53NO4Si/c1-8-9-10-11-12-15-20-31-25-27-32(28-26-31)35-29-37(42)41(38(43)45-39(2,3)4)36(35)30-44-46(40(5,6)7,33-21-16-13-17-22-33)34-23-18-14-19-24-34/h13-14,16-19,21-29,36H,8-12,15,20,30H2,1-7H3/t36-/m0/s1. The van der Waals surface area contributed by atoms with Crippen molar-refractivity contribution in [3.8, 4) is 0 Å². The topological polar surface area (TPSA) is 55.8 Å². The van der Waals surface area contributed by atoms with E-state index in [4.69, 9.17) is 9.16 Å². The lowest BCUT2D eigenvalue weighted by Gasteiger charge is -2.44. The molecular formula is C40H53NO4Si. The summed E-state index contributed by atoms with van der Waals surface area (Å²) in [6.45, 7) is 14.5. The molecule has 4 rings (SSSR count). The molecule has 0 aromatic heterocycles. The van der Waals surface area contributed by atoms with E-state index >= 15 is 0 Å². The first-order valence-electron chi connectivity index (χ1n) is 17.0. The van der Waals surface area contributed by atoms with Crippen molar-refractivity contribution in [3.63, 3.8) is 0 Å². The molecule has 0 spiro atoms. The molecule has 0 bridgehead atoms. The number of hydrogen-bond acceptors (Lipinski definition) is 4. The Balaban J connectivity index is 1.68. The largest absolute Gasteiger partial charge is 0.443 e. The van der Waals surface area contributed by atoms with Crippen LogP contribution in [0.15, 0.2) is 91.0 Å². The Morgan fingerprint density at radius 1 is 0.761 bits per heavy atom. The van der Waals surface area contributed by atoms with E-state index in [-0.39, 0.29) is 17.6 Å². The Bertz CT molecular complexity index is 1410. The maximum Gasteiger partial charge on any atom is 0.417 e. The molecule has 1 aliphatic rings. The number of benzene rings is 3. The Labute approximate surface area is 278 Å². The monoisotopic (exact) mass is 639 g/mol. The molecular weight excluding hydrogens is 587 g/mol. The molecule has 0 fully saturated rings. The fourth-order valence-corrected chi connectivity index (χ4v) is 11.1. The average molecular weight is 640 g/mol. The van der Waals surface area contributed by atoms with Gasteiger partial charge in [-0.15, -0.1) is 0 Å². The molecule has 3 aromatic carbocycles. The number of hydrogen-bond donors (Lipinski definition) is 0. The van der Waals surface area contributed by atoms with Gasteiger partial charge in [-0.25, -0.2) is 9.69 Å². The van der Waals surface area contributed by atoms with Gasteiger partial charge in [0, 0.05) is 6.08 Å². The summed E-state index contributed by atoms with van der Waals surface area (Å²) in [5, 5.41) is 2.04. The molecule has 0 radical (unpaired) electrons. The smallest absolute Gasteiger partial charge is 0.417 e. The summed E-state index contributed by atoms with van der Waals surface area (Å²) in [5.41, 5.74) is 2.23. The van der Waals surface area contributed by atoms with Crippen LogP contribution in [0.25, 0.3) is 5.57 Å². The minimum Gasteiger partial charge on any atom is -0.443 e. The minimum absolute atomic E-state index is 0.156. The van der Waals surface area contributed by atoms with E-state index in [0.717, 1.165) is 27.9 Å². The van der Waals surface area contributed by atoms with Crippen LogP contribution < -0.4 is 10.4 Å². The van der Waals surface area contributed by atoms with Gasteiger partial charge in [0.1, 0.15) is 5.60 Å². The SMILES string of the molecule is CCCCCCCCc1ccc(C2=CC(=O)N(C(=O)OC(C)(C)C)[C@H]2CO[Si](c2ccccc2)(c2ccccc2)C(C)(C)C)cc1. The van der Waals surface area contributed by atoms with Crippen molar-refractivity contribution in [1.29, 1.82) is 0 Å². The fraction of sp³-hybridized carbons (Fsp3) is 0.450. The first kappa shape index (κ1) is 35.4. The second-order valence-corrected chi connectivity index (χ2v) is 18.8. The van der Waals surface area contributed by atoms with Crippen LogP contribution in [-0.4, -0.2) is 43.5 Å². The van der Waals surface area contributed by atoms with Crippen molar-refractivity contribution in [2.45, 2.75) is 110 Å². The first-order valence-corrected chi connectivity index (χ1v) is 18.9. The van der Waals surface area contributed by atoms with Crippen molar-refractivity contribution in [1.82, 2.24) is 4.90 Å². The summed E-state index contributed by atoms with van der Waals surface area (Å²) in [7, 11) is -2.93. The summed E-state index contributed by atoms with van der Waals surface area (Å²) in [6, 6.07) is 28.7. The number of nitrogens with zero attached hydrogens (tertiary/aromatic N) is 1. The summed E-state index contributed by atoms with van der Waals surface area (Å²) < 4.78 is 13.0. The van der Waals surface area contributed by atoms with Gasteiger partial charge in [0.2, 0.25) is 0 Å². The number of imide groups is 1. The average Bonchev–Trinajstić information content (AvgIpc) is 3.35. The second kappa shape index (κ2) is 15.4. The zero-order chi connectivity index (χ0) is 33.4. The molecule has 1 aliphatic heterocycles. The van der Waals surface area contributed by atoms with Gasteiger partial charge in [-0.05, 0) is 65.7 Å². The molecule has 0 saturated heterocycles. The van der Waals surface area contributed by atoms with Crippen molar-refractivity contribution in [3.05, 3.63) is 102 Å². The third kappa shape index (κ3) is 8.45. The molecule has 46 heavy (non-hydrogen) atoms. The van der Waals surface area contributed by atoms with Crippen LogP contribution >= 0.6 is 0 Å². The van der Waals surface area contributed by atoms with Crippen molar-refractivity contribution in [2.75, 3.05) is 6.61 Å². The van der Waals surface area contributed by atoms with Crippen LogP contribution in [0, 0.1) is 0 Å². The van der Waals surface area contributed by atoms with Crippen LogP contribution in [0.1, 0.15) is 98.1 Å². The normalized spacial score (nSPS) is 15.6. The van der Waals surface area contributed by atoms with Gasteiger partial charge in [0.05, 0.1) is 12.6 Å². The number of amides is 2. The zero-order valence-electron chi connectivity index (χ0n) is 29.0. The maximum atomic E-state index is 13.6. The van der Waals surface area contributed by atoms with E-state index in [9.17, 15) is 9.59 Å². The van der Waals surface area contributed by atoms with Crippen molar-refractivity contribution >= 4 is 36.3 Å². The van der Waals surface area contributed by atoms with E-state index in [2.05, 4.69) is 100 Å². The fourth-order valence-electron chi connectivity index (χ4n) is 6.50. The summed E-state index contributed by atoms with van der Waals surface area (Å²) in [5.74, 6) is -0.378. The molecule has 6 heteroatoms. The molecule has 1 atom stereocenters. The van der Waals surface area contributed by atoms with Gasteiger partial charge in [0.15, 0.2) is 0 Å². The third-order valence-electron chi connectivity index (χ3n) is 8.76. The minimum atomic E-state index is -2.93. The van der Waals surface area contributed by atoms with Gasteiger partial charge in [-0.2, -0.15) is 0 Å². The van der Waals surface area contributed by atoms with E-state index in [1.165, 1.54) is 49.0 Å². The number of carbonyl (C=O) groups is 2. The van der Waals surface area contributed by atoms with Gasteiger partial charge in [0.25, 0.3) is 14.2 Å². The van der Waals surface area contributed by atoms with Crippen LogP contribution in [0.5, 0.6) is 0 Å². The third-order valence-corrected chi connectivity index (χ3v) is 13.8. The van der Waals surface area contributed by atoms with Gasteiger partial charge >= 0.3 is 6.09 Å². The Morgan fingerprint density at radius 2 is 1.30 bits per heavy atom. The Hall–Kier alpha value is -3.48. The highest BCUT2D eigenvalue weighted by Gasteiger charge is 2.51. The van der Waals surface area contributed by atoms with Crippen LogP contribution in [-0.2, 0) is 20.4 Å². The number of unbranched alkanes of at least 4 members (excludes halogenated alkanes) is 5. The highest BCUT2D eigenvalue weighted by molar-refractivity contribution is 6.99. The van der Waals surface area contributed by atoms with E-state index in [0.29, 0.717) is 0 Å². The highest BCUT2D eigenvalue weighted by atomic mass is 28.4. The van der Waals surface area contributed by atoms with Gasteiger partial charge in [-0.3, -0.25) is 4.79 Å². The molecule has 0 saturated carbocycles. The number of aryl methyl sites for hydroxylation is 1. The van der Waals surface area contributed by atoms with Crippen LogP contribution in [0.4, 0.5) is 4.79 Å². The molecule has 0 N–H and O–H groups in total. The van der Waals surface area contributed by atoms with E-state index in [1.54, 1.807) is 6.08 Å². The van der Waals surface area contributed by atoms with Crippen molar-refractivity contribution in [2.24, 2.45) is 0 Å². The van der Waals surface area contributed by atoms with Crippen LogP contribution in [0.2, 0.25) is 5.04 Å². The molecule has 246 valence electrons. The van der Waals surface area contributed by atoms with Crippen molar-refractivity contribution < 1.29 is 18.8 Å². The molecule has 3 aromatic rings. The maximum absolute atomic E-state index is 13.6. The predicted octanol–water partition coefficient (Wildman–Crippen LogP) is 8.70. The Kier molecular flexibility index (Phi) is 11.8. The van der Waals surface area contributed by atoms with Gasteiger partial charge < -0.3 is 9.16 Å². The summed E-state index contributed by atoms with van der Waals surface area (Å²) >= 11 is 0. The lowest BCUT2D eigenvalue weighted by Crippen LogP contribution is -2.67. The predicted molar refractivity (Wildman–Crippen MR) is 192 cm³/mol. The summed E-state index contributed by atoms with van der Waals surface area (Å²) in [6.07, 6.45) is 9.55. The summed E-state index contributed by atoms with van der Waals surface area (Å²) in [4.78, 5) is 28.4. The van der Waals surface area contributed by atoms with Gasteiger partial charge in [-0.1, -0.05) is 145 Å². The number of carbonyl (C=O) groups excluding carboxylic acids is 2. The highest BCUT2D eigenvalue weighted by Crippen LogP contribution is 2.39. The molecule has 1 heterocycles. The van der Waals surface area contributed by atoms with E-state index in [1.807, 2.05) is 32.9 Å². The quantitative estimate of drug-likeness (QED) is 0.139. The second-order valence-electron chi connectivity index (χ2n) is 14.5. The van der Waals surface area contributed by atoms with E-state index < -0.39 is 26.1 Å². The molecule has 0 unspecified atom stereocenters. The lowest BCUT2D eigenvalue weighted by molar-refractivity contribution is -0.125. The Morgan fingerprint density at radius 3 is 1.83 bits per heavy atom. The number of rotatable bonds is 13. The first-order chi connectivity index (χ1) is 21.9.